The number of benzene rings is 3. The van der Waals surface area contributed by atoms with Crippen LogP contribution in [0.3, 0.4) is 0 Å². The Labute approximate surface area is 191 Å². The molecule has 0 aliphatic heterocycles. The maximum Gasteiger partial charge on any atom is 0.335 e. The molecule has 1 aliphatic rings. The summed E-state index contributed by atoms with van der Waals surface area (Å²) < 4.78 is 19.3. The van der Waals surface area contributed by atoms with Gasteiger partial charge in [0.05, 0.1) is 5.56 Å². The second kappa shape index (κ2) is 9.45. The van der Waals surface area contributed by atoms with E-state index in [0.29, 0.717) is 17.4 Å². The van der Waals surface area contributed by atoms with Gasteiger partial charge in [-0.25, -0.2) is 9.18 Å². The predicted octanol–water partition coefficient (Wildman–Crippen LogP) is 6.89. The lowest BCUT2D eigenvalue weighted by Gasteiger charge is -2.16. The number of nitrogens with one attached hydrogen (secondary N) is 1. The van der Waals surface area contributed by atoms with Crippen molar-refractivity contribution in [2.24, 2.45) is 0 Å². The highest BCUT2D eigenvalue weighted by molar-refractivity contribution is 6.30. The van der Waals surface area contributed by atoms with E-state index in [1.807, 2.05) is 18.2 Å². The molecule has 0 saturated carbocycles. The number of hydrogen-bond donors (Lipinski definition) is 2. The number of ether oxygens (including phenoxy) is 1. The summed E-state index contributed by atoms with van der Waals surface area (Å²) in [6, 6.07) is 17.0. The molecule has 0 fully saturated rings. The lowest BCUT2D eigenvalue weighted by atomic mass is 9.95. The molecule has 32 heavy (non-hydrogen) atoms. The normalized spacial score (nSPS) is 13.3. The molecule has 3 aromatic rings. The molecule has 164 valence electrons. The number of carboxylic acids is 1. The summed E-state index contributed by atoms with van der Waals surface area (Å²) in [5.74, 6) is -0.558. The van der Waals surface area contributed by atoms with Crippen molar-refractivity contribution in [3.63, 3.8) is 0 Å². The van der Waals surface area contributed by atoms with Gasteiger partial charge in [-0.15, -0.1) is 0 Å². The quantitative estimate of drug-likeness (QED) is 0.410. The molecule has 0 aromatic heterocycles. The molecule has 0 saturated heterocycles. The molecule has 0 amide bonds. The number of rotatable bonds is 7. The molecule has 0 spiro atoms. The van der Waals surface area contributed by atoms with Crippen LogP contribution in [0.5, 0.6) is 5.75 Å². The van der Waals surface area contributed by atoms with Crippen LogP contribution in [0.15, 0.2) is 60.7 Å². The fourth-order valence-electron chi connectivity index (χ4n) is 4.03. The van der Waals surface area contributed by atoms with Crippen LogP contribution in [-0.2, 0) is 6.61 Å². The first-order valence-corrected chi connectivity index (χ1v) is 10.8. The third-order valence-corrected chi connectivity index (χ3v) is 5.84. The second-order valence-corrected chi connectivity index (χ2v) is 8.16. The number of halogens is 2. The Morgan fingerprint density at radius 2 is 1.81 bits per heavy atom. The smallest absolute Gasteiger partial charge is 0.335 e. The third-order valence-electron chi connectivity index (χ3n) is 5.61. The first-order valence-electron chi connectivity index (χ1n) is 10.4. The zero-order valence-electron chi connectivity index (χ0n) is 17.6. The molecule has 0 heterocycles. The number of allylic oxidation sites excluding steroid dienone is 2. The van der Waals surface area contributed by atoms with E-state index < -0.39 is 5.97 Å². The van der Waals surface area contributed by atoms with Gasteiger partial charge in [-0.05, 0) is 90.1 Å². The fourth-order valence-corrected chi connectivity index (χ4v) is 4.21. The first-order chi connectivity index (χ1) is 15.4. The van der Waals surface area contributed by atoms with E-state index in [4.69, 9.17) is 16.3 Å². The van der Waals surface area contributed by atoms with Crippen LogP contribution in [0.1, 0.15) is 46.3 Å². The average Bonchev–Trinajstić information content (AvgIpc) is 3.28. The standard InChI is InChI=1S/C26H23ClFNO3/c1-29-21-12-17(11-18(13-21)26(30)31)22-3-2-4-23(22)24-14-19(27)7-10-25(24)32-15-16-5-8-20(28)9-6-16/h5-14,29H,2-4,15H2,1H3,(H,30,31). The second-order valence-electron chi connectivity index (χ2n) is 7.72. The van der Waals surface area contributed by atoms with Gasteiger partial charge in [0.1, 0.15) is 18.2 Å². The van der Waals surface area contributed by atoms with Crippen LogP contribution in [0.4, 0.5) is 10.1 Å². The Morgan fingerprint density at radius 3 is 2.53 bits per heavy atom. The zero-order chi connectivity index (χ0) is 22.7. The molecular weight excluding hydrogens is 429 g/mol. The van der Waals surface area contributed by atoms with E-state index in [-0.39, 0.29) is 11.4 Å². The van der Waals surface area contributed by atoms with Gasteiger partial charge in [0.15, 0.2) is 0 Å². The number of hydrogen-bond acceptors (Lipinski definition) is 3. The van der Waals surface area contributed by atoms with Crippen molar-refractivity contribution in [1.29, 1.82) is 0 Å². The van der Waals surface area contributed by atoms with Gasteiger partial charge in [0, 0.05) is 23.3 Å². The SMILES string of the molecule is CNc1cc(C(=O)O)cc(C2=C(c3cc(Cl)ccc3OCc3ccc(F)cc3)CCC2)c1. The summed E-state index contributed by atoms with van der Waals surface area (Å²) in [7, 11) is 1.77. The summed E-state index contributed by atoms with van der Waals surface area (Å²) in [4.78, 5) is 11.6. The monoisotopic (exact) mass is 451 g/mol. The number of carbonyl (C=O) groups is 1. The minimum absolute atomic E-state index is 0.240. The van der Waals surface area contributed by atoms with Crippen molar-refractivity contribution in [3.05, 3.63) is 93.8 Å². The van der Waals surface area contributed by atoms with Gasteiger partial charge in [0.25, 0.3) is 0 Å². The molecule has 6 heteroatoms. The highest BCUT2D eigenvalue weighted by atomic mass is 35.5. The van der Waals surface area contributed by atoms with Gasteiger partial charge < -0.3 is 15.2 Å². The molecule has 0 unspecified atom stereocenters. The van der Waals surface area contributed by atoms with E-state index in [2.05, 4.69) is 5.32 Å². The molecule has 4 rings (SSSR count). The van der Waals surface area contributed by atoms with Crippen LogP contribution < -0.4 is 10.1 Å². The van der Waals surface area contributed by atoms with E-state index in [1.54, 1.807) is 37.4 Å². The van der Waals surface area contributed by atoms with Crippen LogP contribution in [0.2, 0.25) is 5.02 Å². The third kappa shape index (κ3) is 4.78. The van der Waals surface area contributed by atoms with Crippen molar-refractivity contribution >= 4 is 34.4 Å². The number of carboxylic acid groups (broad SMARTS) is 1. The minimum atomic E-state index is -0.963. The van der Waals surface area contributed by atoms with Gasteiger partial charge in [-0.3, -0.25) is 0 Å². The largest absolute Gasteiger partial charge is 0.488 e. The van der Waals surface area contributed by atoms with Gasteiger partial charge in [0.2, 0.25) is 0 Å². The van der Waals surface area contributed by atoms with Crippen LogP contribution in [-0.4, -0.2) is 18.1 Å². The maximum atomic E-state index is 13.2. The van der Waals surface area contributed by atoms with E-state index in [0.717, 1.165) is 52.8 Å². The first kappa shape index (κ1) is 21.9. The maximum absolute atomic E-state index is 13.2. The van der Waals surface area contributed by atoms with E-state index in [1.165, 1.54) is 12.1 Å². The highest BCUT2D eigenvalue weighted by Gasteiger charge is 2.22. The molecule has 0 bridgehead atoms. The molecule has 0 radical (unpaired) electrons. The number of aromatic carboxylic acids is 1. The molecule has 0 atom stereocenters. The Hall–Kier alpha value is -3.31. The molecule has 3 aromatic carbocycles. The van der Waals surface area contributed by atoms with Crippen molar-refractivity contribution in [2.45, 2.75) is 25.9 Å². The van der Waals surface area contributed by atoms with Gasteiger partial charge >= 0.3 is 5.97 Å². The predicted molar refractivity (Wildman–Crippen MR) is 126 cm³/mol. The summed E-state index contributed by atoms with van der Waals surface area (Å²) in [6.07, 6.45) is 2.64. The van der Waals surface area contributed by atoms with Gasteiger partial charge in [-0.2, -0.15) is 0 Å². The van der Waals surface area contributed by atoms with Crippen molar-refractivity contribution in [2.75, 3.05) is 12.4 Å². The Morgan fingerprint density at radius 1 is 1.06 bits per heavy atom. The summed E-state index contributed by atoms with van der Waals surface area (Å²) in [5, 5.41) is 13.2. The fraction of sp³-hybridized carbons (Fsp3) is 0.192. The zero-order valence-corrected chi connectivity index (χ0v) is 18.4. The molecule has 2 N–H and O–H groups in total. The summed E-state index contributed by atoms with van der Waals surface area (Å²) in [6.45, 7) is 0.302. The Kier molecular flexibility index (Phi) is 6.47. The lowest BCUT2D eigenvalue weighted by molar-refractivity contribution is 0.0697. The summed E-state index contributed by atoms with van der Waals surface area (Å²) >= 11 is 6.33. The average molecular weight is 452 g/mol. The van der Waals surface area contributed by atoms with E-state index >= 15 is 0 Å². The van der Waals surface area contributed by atoms with Crippen molar-refractivity contribution in [1.82, 2.24) is 0 Å². The highest BCUT2D eigenvalue weighted by Crippen LogP contribution is 2.44. The molecule has 1 aliphatic carbocycles. The van der Waals surface area contributed by atoms with Crippen LogP contribution >= 0.6 is 11.6 Å². The topological polar surface area (TPSA) is 58.6 Å². The van der Waals surface area contributed by atoms with E-state index in [9.17, 15) is 14.3 Å². The molecule has 4 nitrogen and oxygen atoms in total. The minimum Gasteiger partial charge on any atom is -0.488 e. The van der Waals surface area contributed by atoms with Gasteiger partial charge in [-0.1, -0.05) is 23.7 Å². The lowest BCUT2D eigenvalue weighted by Crippen LogP contribution is -2.01. The Bertz CT molecular complexity index is 1190. The number of anilines is 1. The van der Waals surface area contributed by atoms with Crippen molar-refractivity contribution < 1.29 is 19.0 Å². The summed E-state index contributed by atoms with van der Waals surface area (Å²) in [5.41, 5.74) is 5.83. The van der Waals surface area contributed by atoms with Crippen LogP contribution in [0.25, 0.3) is 11.1 Å². The van der Waals surface area contributed by atoms with Crippen LogP contribution in [0, 0.1) is 5.82 Å². The molecular formula is C26H23ClFNO3. The Balaban J connectivity index is 1.74. The van der Waals surface area contributed by atoms with Crippen molar-refractivity contribution in [3.8, 4) is 5.75 Å².